The maximum absolute atomic E-state index is 9.53. The van der Waals surface area contributed by atoms with Gasteiger partial charge < -0.3 is 19.9 Å². The van der Waals surface area contributed by atoms with Gasteiger partial charge in [-0.15, -0.1) is 11.3 Å². The molecular weight excluding hydrogens is 214 g/mol. The highest BCUT2D eigenvalue weighted by molar-refractivity contribution is 7.10. The second kappa shape index (κ2) is 4.94. The monoisotopic (exact) mass is 229 g/mol. The number of thiophene rings is 1. The molecule has 1 saturated heterocycles. The molecule has 0 aromatic carbocycles. The summed E-state index contributed by atoms with van der Waals surface area (Å²) in [4.78, 5) is 1.15. The summed E-state index contributed by atoms with van der Waals surface area (Å²) in [5, 5.41) is 14.8. The first kappa shape index (κ1) is 10.9. The van der Waals surface area contributed by atoms with Gasteiger partial charge in [0.1, 0.15) is 5.75 Å². The maximum Gasteiger partial charge on any atom is 0.134 e. The minimum atomic E-state index is -0.393. The molecule has 2 rings (SSSR count). The van der Waals surface area contributed by atoms with Gasteiger partial charge >= 0.3 is 0 Å². The lowest BCUT2D eigenvalue weighted by atomic mass is 10.2. The molecular formula is C10H15NO3S. The molecule has 4 nitrogen and oxygen atoms in total. The first-order chi connectivity index (χ1) is 7.31. The van der Waals surface area contributed by atoms with Gasteiger partial charge in [0.2, 0.25) is 0 Å². The Morgan fingerprint density at radius 3 is 3.20 bits per heavy atom. The summed E-state index contributed by atoms with van der Waals surface area (Å²) in [6.45, 7) is 1.72. The number of methoxy groups -OCH3 is 1. The Hall–Kier alpha value is -0.620. The van der Waals surface area contributed by atoms with Gasteiger partial charge in [-0.1, -0.05) is 0 Å². The van der Waals surface area contributed by atoms with Crippen molar-refractivity contribution in [1.82, 2.24) is 5.32 Å². The van der Waals surface area contributed by atoms with Crippen molar-refractivity contribution in [3.8, 4) is 5.75 Å². The Balaban J connectivity index is 1.87. The van der Waals surface area contributed by atoms with E-state index in [1.165, 1.54) is 0 Å². The molecule has 0 bridgehead atoms. The third-order valence-electron chi connectivity index (χ3n) is 2.50. The average Bonchev–Trinajstić information content (AvgIpc) is 2.83. The highest BCUT2D eigenvalue weighted by Gasteiger charge is 2.25. The Kier molecular flexibility index (Phi) is 3.58. The molecule has 1 aliphatic heterocycles. The van der Waals surface area contributed by atoms with Crippen molar-refractivity contribution >= 4 is 11.3 Å². The second-order valence-electron chi connectivity index (χ2n) is 3.50. The Morgan fingerprint density at radius 1 is 1.67 bits per heavy atom. The predicted molar refractivity (Wildman–Crippen MR) is 58.3 cm³/mol. The van der Waals surface area contributed by atoms with Gasteiger partial charge in [0.15, 0.2) is 0 Å². The summed E-state index contributed by atoms with van der Waals surface area (Å²) in [5.74, 6) is 0.904. The zero-order valence-electron chi connectivity index (χ0n) is 8.60. The molecule has 2 heterocycles. The van der Waals surface area contributed by atoms with Crippen LogP contribution in [0, 0.1) is 0 Å². The fourth-order valence-electron chi connectivity index (χ4n) is 1.60. The fraction of sp³-hybridized carbons (Fsp3) is 0.600. The molecule has 2 atom stereocenters. The highest BCUT2D eigenvalue weighted by Crippen LogP contribution is 2.24. The number of aliphatic hydroxyl groups is 1. The van der Waals surface area contributed by atoms with Crippen LogP contribution in [0.25, 0.3) is 0 Å². The molecule has 2 N–H and O–H groups in total. The van der Waals surface area contributed by atoms with Crippen molar-refractivity contribution in [2.24, 2.45) is 0 Å². The average molecular weight is 229 g/mol. The molecule has 1 fully saturated rings. The molecule has 1 aromatic rings. The minimum Gasteiger partial charge on any atom is -0.496 e. The van der Waals surface area contributed by atoms with E-state index < -0.39 is 6.10 Å². The fourth-order valence-corrected chi connectivity index (χ4v) is 2.39. The van der Waals surface area contributed by atoms with Crippen LogP contribution >= 0.6 is 11.3 Å². The maximum atomic E-state index is 9.53. The van der Waals surface area contributed by atoms with Crippen molar-refractivity contribution in [1.29, 1.82) is 0 Å². The van der Waals surface area contributed by atoms with E-state index in [9.17, 15) is 5.11 Å². The van der Waals surface area contributed by atoms with Gasteiger partial charge in [-0.25, -0.2) is 0 Å². The van der Waals surface area contributed by atoms with E-state index in [1.54, 1.807) is 18.4 Å². The second-order valence-corrected chi connectivity index (χ2v) is 4.51. The number of ether oxygens (including phenoxy) is 2. The van der Waals surface area contributed by atoms with Crippen molar-refractivity contribution in [3.63, 3.8) is 0 Å². The topological polar surface area (TPSA) is 50.7 Å². The van der Waals surface area contributed by atoms with Crippen LogP contribution in [-0.2, 0) is 11.3 Å². The summed E-state index contributed by atoms with van der Waals surface area (Å²) in [6.07, 6.45) is -0.393. The summed E-state index contributed by atoms with van der Waals surface area (Å²) in [6, 6.07) is 1.99. The van der Waals surface area contributed by atoms with E-state index in [1.807, 2.05) is 11.4 Å². The minimum absolute atomic E-state index is 0.0387. The van der Waals surface area contributed by atoms with Crippen LogP contribution in [0.3, 0.4) is 0 Å². The van der Waals surface area contributed by atoms with E-state index in [0.29, 0.717) is 19.8 Å². The molecule has 2 unspecified atom stereocenters. The Bertz CT molecular complexity index is 315. The van der Waals surface area contributed by atoms with E-state index in [4.69, 9.17) is 9.47 Å². The van der Waals surface area contributed by atoms with Crippen LogP contribution in [0.1, 0.15) is 4.88 Å². The normalized spacial score (nSPS) is 25.7. The van der Waals surface area contributed by atoms with Gasteiger partial charge in [-0.3, -0.25) is 0 Å². The number of hydrogen-bond acceptors (Lipinski definition) is 5. The van der Waals surface area contributed by atoms with Crippen LogP contribution in [0.15, 0.2) is 11.4 Å². The predicted octanol–water partition coefficient (Wildman–Crippen LogP) is 0.606. The van der Waals surface area contributed by atoms with Crippen molar-refractivity contribution in [2.45, 2.75) is 18.7 Å². The third-order valence-corrected chi connectivity index (χ3v) is 3.40. The lowest BCUT2D eigenvalue weighted by Crippen LogP contribution is -2.38. The quantitative estimate of drug-likeness (QED) is 0.794. The van der Waals surface area contributed by atoms with Crippen LogP contribution in [0.2, 0.25) is 0 Å². The van der Waals surface area contributed by atoms with Gasteiger partial charge in [0.05, 0.1) is 37.3 Å². The standard InChI is InChI=1S/C10H15NO3S/c1-13-9-2-3-15-10(9)4-11-7-5-14-6-8(7)12/h2-3,7-8,11-12H,4-6H2,1H3. The van der Waals surface area contributed by atoms with Crippen LogP contribution in [-0.4, -0.2) is 37.6 Å². The van der Waals surface area contributed by atoms with Crippen molar-refractivity contribution in [3.05, 3.63) is 16.3 Å². The Labute approximate surface area is 92.8 Å². The van der Waals surface area contributed by atoms with Crippen LogP contribution in [0.4, 0.5) is 0 Å². The molecule has 5 heteroatoms. The smallest absolute Gasteiger partial charge is 0.134 e. The van der Waals surface area contributed by atoms with Crippen molar-refractivity contribution < 1.29 is 14.6 Å². The lowest BCUT2D eigenvalue weighted by Gasteiger charge is -2.14. The molecule has 0 amide bonds. The van der Waals surface area contributed by atoms with E-state index in [2.05, 4.69) is 5.32 Å². The zero-order valence-corrected chi connectivity index (χ0v) is 9.42. The van der Waals surface area contributed by atoms with Crippen molar-refractivity contribution in [2.75, 3.05) is 20.3 Å². The largest absolute Gasteiger partial charge is 0.496 e. The summed E-state index contributed by atoms with van der Waals surface area (Å²) in [7, 11) is 1.67. The van der Waals surface area contributed by atoms with Crippen LogP contribution in [0.5, 0.6) is 5.75 Å². The van der Waals surface area contributed by atoms with Gasteiger partial charge in [-0.2, -0.15) is 0 Å². The molecule has 0 radical (unpaired) electrons. The number of aliphatic hydroxyl groups excluding tert-OH is 1. The molecule has 0 saturated carbocycles. The SMILES string of the molecule is COc1ccsc1CNC1COCC1O. The molecule has 84 valence electrons. The lowest BCUT2D eigenvalue weighted by molar-refractivity contribution is 0.122. The summed E-state index contributed by atoms with van der Waals surface area (Å²) in [5.41, 5.74) is 0. The highest BCUT2D eigenvalue weighted by atomic mass is 32.1. The van der Waals surface area contributed by atoms with E-state index in [-0.39, 0.29) is 6.04 Å². The Morgan fingerprint density at radius 2 is 2.53 bits per heavy atom. The number of nitrogens with one attached hydrogen (secondary N) is 1. The van der Waals surface area contributed by atoms with Gasteiger partial charge in [-0.05, 0) is 11.4 Å². The molecule has 0 spiro atoms. The molecule has 1 aliphatic rings. The van der Waals surface area contributed by atoms with Gasteiger partial charge in [0.25, 0.3) is 0 Å². The van der Waals surface area contributed by atoms with Gasteiger partial charge in [0, 0.05) is 6.54 Å². The zero-order chi connectivity index (χ0) is 10.7. The summed E-state index contributed by atoms with van der Waals surface area (Å²) < 4.78 is 10.4. The van der Waals surface area contributed by atoms with E-state index >= 15 is 0 Å². The number of rotatable bonds is 4. The molecule has 0 aliphatic carbocycles. The van der Waals surface area contributed by atoms with E-state index in [0.717, 1.165) is 10.6 Å². The molecule has 15 heavy (non-hydrogen) atoms. The third kappa shape index (κ3) is 2.49. The summed E-state index contributed by atoms with van der Waals surface area (Å²) >= 11 is 1.65. The van der Waals surface area contributed by atoms with Crippen LogP contribution < -0.4 is 10.1 Å². The molecule has 1 aromatic heterocycles. The first-order valence-corrected chi connectivity index (χ1v) is 5.79. The first-order valence-electron chi connectivity index (χ1n) is 4.91. The number of hydrogen-bond donors (Lipinski definition) is 2.